The number of benzene rings is 1. The van der Waals surface area contributed by atoms with E-state index in [1.54, 1.807) is 24.3 Å². The summed E-state index contributed by atoms with van der Waals surface area (Å²) in [7, 11) is 0. The summed E-state index contributed by atoms with van der Waals surface area (Å²) in [4.78, 5) is 27.8. The Morgan fingerprint density at radius 2 is 1.86 bits per heavy atom. The van der Waals surface area contributed by atoms with Crippen LogP contribution in [0.25, 0.3) is 0 Å². The number of amides is 2. The fraction of sp³-hybridized carbons (Fsp3) is 0.167. The first-order valence-corrected chi connectivity index (χ1v) is 7.11. The number of nitrogens with one attached hydrogen (secondary N) is 1. The van der Waals surface area contributed by atoms with Crippen LogP contribution in [0.4, 0.5) is 0 Å². The number of hydrogen-bond donors (Lipinski definition) is 1. The van der Waals surface area contributed by atoms with Crippen LogP contribution < -0.4 is 5.32 Å². The normalized spacial score (nSPS) is 21.8. The summed E-state index contributed by atoms with van der Waals surface area (Å²) < 4.78 is 0. The molecule has 1 aliphatic heterocycles. The molecule has 0 saturated carbocycles. The Bertz CT molecular complexity index is 765. The van der Waals surface area contributed by atoms with Crippen LogP contribution >= 0.6 is 0 Å². The molecular weight excluding hydrogens is 276 g/mol. The molecule has 1 unspecified atom stereocenters. The average molecular weight is 292 g/mol. The summed E-state index contributed by atoms with van der Waals surface area (Å²) in [6.07, 6.45) is 7.11. The molecule has 2 amide bonds. The lowest BCUT2D eigenvalue weighted by Crippen LogP contribution is -2.32. The molecule has 1 atom stereocenters. The zero-order chi connectivity index (χ0) is 15.7. The van der Waals surface area contributed by atoms with E-state index in [9.17, 15) is 9.59 Å². The fourth-order valence-electron chi connectivity index (χ4n) is 2.53. The highest BCUT2D eigenvalue weighted by Gasteiger charge is 2.23. The lowest BCUT2D eigenvalue weighted by atomic mass is 9.89. The number of hydrogen-bond acceptors (Lipinski definition) is 2. The van der Waals surface area contributed by atoms with Crippen molar-refractivity contribution in [1.29, 1.82) is 0 Å². The van der Waals surface area contributed by atoms with E-state index < -0.39 is 0 Å². The molecule has 3 rings (SSSR count). The Morgan fingerprint density at radius 1 is 1.14 bits per heavy atom. The van der Waals surface area contributed by atoms with Gasteiger partial charge in [0.05, 0.1) is 5.71 Å². The Hall–Kier alpha value is -2.75. The second-order valence-corrected chi connectivity index (χ2v) is 5.52. The number of aliphatic imine (C=N–C) groups is 1. The van der Waals surface area contributed by atoms with E-state index in [-0.39, 0.29) is 17.7 Å². The Labute approximate surface area is 128 Å². The topological polar surface area (TPSA) is 58.5 Å². The van der Waals surface area contributed by atoms with Gasteiger partial charge in [-0.2, -0.15) is 0 Å². The standard InChI is InChI=1S/C18H16N2O2/c1-11-3-5-13(6-4-11)18(22)19-14-7-8-15-12(2)9-17(21)20-16(15)10-14/h3-10,15H,1-2H3,(H,20,21). The van der Waals surface area contributed by atoms with Gasteiger partial charge in [-0.25, -0.2) is 4.99 Å². The number of allylic oxidation sites excluding steroid dienone is 3. The first kappa shape index (κ1) is 14.2. The van der Waals surface area contributed by atoms with Gasteiger partial charge >= 0.3 is 0 Å². The minimum atomic E-state index is -0.288. The molecule has 1 aromatic rings. The fourth-order valence-corrected chi connectivity index (χ4v) is 2.53. The Balaban J connectivity index is 1.86. The number of nitrogens with zero attached hydrogens (tertiary/aromatic N) is 1. The van der Waals surface area contributed by atoms with Gasteiger partial charge in [-0.05, 0) is 38.1 Å². The van der Waals surface area contributed by atoms with E-state index in [4.69, 9.17) is 0 Å². The second kappa shape index (κ2) is 5.56. The van der Waals surface area contributed by atoms with Crippen LogP contribution in [-0.4, -0.2) is 17.5 Å². The molecule has 0 aromatic heterocycles. The Morgan fingerprint density at radius 3 is 2.59 bits per heavy atom. The minimum absolute atomic E-state index is 0.0612. The summed E-state index contributed by atoms with van der Waals surface area (Å²) in [6.45, 7) is 3.89. The molecule has 4 heteroatoms. The van der Waals surface area contributed by atoms with Gasteiger partial charge in [0.1, 0.15) is 0 Å². The van der Waals surface area contributed by atoms with Crippen molar-refractivity contribution >= 4 is 17.5 Å². The maximum atomic E-state index is 12.2. The van der Waals surface area contributed by atoms with E-state index in [1.165, 1.54) is 0 Å². The molecule has 1 heterocycles. The van der Waals surface area contributed by atoms with Crippen LogP contribution in [0, 0.1) is 12.8 Å². The lowest BCUT2D eigenvalue weighted by molar-refractivity contribution is -0.116. The molecule has 1 aliphatic carbocycles. The zero-order valence-electron chi connectivity index (χ0n) is 12.5. The molecule has 0 radical (unpaired) electrons. The van der Waals surface area contributed by atoms with Crippen molar-refractivity contribution < 1.29 is 9.59 Å². The van der Waals surface area contributed by atoms with Crippen LogP contribution in [0.1, 0.15) is 22.8 Å². The van der Waals surface area contributed by atoms with E-state index in [0.717, 1.165) is 16.8 Å². The Kier molecular flexibility index (Phi) is 3.59. The molecule has 0 fully saturated rings. The summed E-state index contributed by atoms with van der Waals surface area (Å²) in [5, 5.41) is 2.80. The van der Waals surface area contributed by atoms with Crippen molar-refractivity contribution in [3.05, 3.63) is 71.0 Å². The van der Waals surface area contributed by atoms with Gasteiger partial charge in [0, 0.05) is 23.3 Å². The minimum Gasteiger partial charge on any atom is -0.325 e. The van der Waals surface area contributed by atoms with E-state index in [2.05, 4.69) is 10.3 Å². The van der Waals surface area contributed by atoms with Crippen LogP contribution in [-0.2, 0) is 4.79 Å². The predicted octanol–water partition coefficient (Wildman–Crippen LogP) is 2.72. The molecule has 0 spiro atoms. The third kappa shape index (κ3) is 2.81. The van der Waals surface area contributed by atoms with Crippen molar-refractivity contribution in [2.24, 2.45) is 10.9 Å². The molecular formula is C18H16N2O2. The van der Waals surface area contributed by atoms with Crippen molar-refractivity contribution in [1.82, 2.24) is 5.32 Å². The van der Waals surface area contributed by atoms with Crippen molar-refractivity contribution in [2.75, 3.05) is 0 Å². The van der Waals surface area contributed by atoms with E-state index in [0.29, 0.717) is 11.3 Å². The number of rotatable bonds is 1. The van der Waals surface area contributed by atoms with Crippen LogP contribution in [0.15, 0.2) is 64.8 Å². The first-order valence-electron chi connectivity index (χ1n) is 7.11. The quantitative estimate of drug-likeness (QED) is 0.865. The molecule has 0 bridgehead atoms. The smallest absolute Gasteiger partial charge is 0.277 e. The summed E-state index contributed by atoms with van der Waals surface area (Å²) >= 11 is 0. The third-order valence-corrected chi connectivity index (χ3v) is 3.74. The first-order chi connectivity index (χ1) is 10.5. The van der Waals surface area contributed by atoms with E-state index >= 15 is 0 Å². The highest BCUT2D eigenvalue weighted by molar-refractivity contribution is 6.14. The third-order valence-electron chi connectivity index (χ3n) is 3.74. The maximum absolute atomic E-state index is 12.2. The zero-order valence-corrected chi connectivity index (χ0v) is 12.5. The van der Waals surface area contributed by atoms with Crippen LogP contribution in [0.5, 0.6) is 0 Å². The van der Waals surface area contributed by atoms with Gasteiger partial charge in [-0.1, -0.05) is 29.3 Å². The number of carbonyl (C=O) groups excluding carboxylic acids is 2. The average Bonchev–Trinajstić information content (AvgIpc) is 2.47. The molecule has 110 valence electrons. The highest BCUT2D eigenvalue weighted by Crippen LogP contribution is 2.26. The van der Waals surface area contributed by atoms with Gasteiger partial charge in [0.15, 0.2) is 0 Å². The van der Waals surface area contributed by atoms with Crippen molar-refractivity contribution in [3.8, 4) is 0 Å². The summed E-state index contributed by atoms with van der Waals surface area (Å²) in [5.74, 6) is -0.366. The van der Waals surface area contributed by atoms with E-state index in [1.807, 2.05) is 38.1 Å². The molecule has 1 N–H and O–H groups in total. The molecule has 0 saturated heterocycles. The largest absolute Gasteiger partial charge is 0.325 e. The second-order valence-electron chi connectivity index (χ2n) is 5.52. The highest BCUT2D eigenvalue weighted by atomic mass is 16.2. The van der Waals surface area contributed by atoms with Gasteiger partial charge in [0.2, 0.25) is 5.91 Å². The molecule has 4 nitrogen and oxygen atoms in total. The monoisotopic (exact) mass is 292 g/mol. The molecule has 22 heavy (non-hydrogen) atoms. The van der Waals surface area contributed by atoms with Crippen LogP contribution in [0.2, 0.25) is 0 Å². The van der Waals surface area contributed by atoms with Gasteiger partial charge in [-0.3, -0.25) is 9.59 Å². The SMILES string of the molecule is CC1=CC(=O)NC2=CC(=NC(=O)c3ccc(C)cc3)C=CC12. The van der Waals surface area contributed by atoms with Crippen molar-refractivity contribution in [3.63, 3.8) is 0 Å². The van der Waals surface area contributed by atoms with Gasteiger partial charge in [0.25, 0.3) is 5.91 Å². The van der Waals surface area contributed by atoms with Crippen molar-refractivity contribution in [2.45, 2.75) is 13.8 Å². The number of carbonyl (C=O) groups is 2. The maximum Gasteiger partial charge on any atom is 0.277 e. The van der Waals surface area contributed by atoms with Gasteiger partial charge < -0.3 is 5.32 Å². The van der Waals surface area contributed by atoms with Crippen LogP contribution in [0.3, 0.4) is 0 Å². The molecule has 2 aliphatic rings. The number of aryl methyl sites for hydroxylation is 1. The molecule has 1 aromatic carbocycles. The number of fused-ring (bicyclic) bond motifs is 1. The lowest BCUT2D eigenvalue weighted by Gasteiger charge is -2.25. The summed E-state index contributed by atoms with van der Waals surface area (Å²) in [5.41, 5.74) is 3.94. The predicted molar refractivity (Wildman–Crippen MR) is 85.6 cm³/mol. The summed E-state index contributed by atoms with van der Waals surface area (Å²) in [6, 6.07) is 7.29. The van der Waals surface area contributed by atoms with Gasteiger partial charge in [-0.15, -0.1) is 0 Å².